The average molecular weight is 582 g/mol. The number of rotatable bonds is 6. The van der Waals surface area contributed by atoms with E-state index in [-0.39, 0.29) is 29.2 Å². The third-order valence-electron chi connectivity index (χ3n) is 6.66. The maximum absolute atomic E-state index is 14.5. The Kier molecular flexibility index (Phi) is 8.37. The van der Waals surface area contributed by atoms with Gasteiger partial charge in [-0.15, -0.1) is 0 Å². The van der Waals surface area contributed by atoms with Gasteiger partial charge in [-0.3, -0.25) is 19.4 Å². The van der Waals surface area contributed by atoms with Crippen LogP contribution in [-0.4, -0.2) is 64.2 Å². The molecule has 1 saturated heterocycles. The fourth-order valence-corrected chi connectivity index (χ4v) is 5.14. The Morgan fingerprint density at radius 1 is 1.15 bits per heavy atom. The van der Waals surface area contributed by atoms with E-state index >= 15 is 0 Å². The van der Waals surface area contributed by atoms with Gasteiger partial charge in [0.05, 0.1) is 12.6 Å². The lowest BCUT2D eigenvalue weighted by Gasteiger charge is -2.39. The molecular formula is C28H31ClF3N3O5. The van der Waals surface area contributed by atoms with Crippen molar-refractivity contribution in [3.8, 4) is 0 Å². The van der Waals surface area contributed by atoms with E-state index in [9.17, 15) is 32.7 Å². The zero-order valence-electron chi connectivity index (χ0n) is 22.2. The molecule has 4 rings (SSSR count). The molecule has 0 spiro atoms. The lowest BCUT2D eigenvalue weighted by atomic mass is 9.87. The summed E-state index contributed by atoms with van der Waals surface area (Å²) >= 11 is 6.46. The van der Waals surface area contributed by atoms with Crippen molar-refractivity contribution in [2.24, 2.45) is 0 Å². The first kappa shape index (κ1) is 29.7. The zero-order chi connectivity index (χ0) is 29.4. The SMILES string of the molecule is CC(C)(C)OC(=O)N1C[C@H](O)C[C@H]1C(=O)N(c1cccc(F)c1)[C@H](C(=O)NC1CC(F)(F)C1)c1ccccc1Cl. The van der Waals surface area contributed by atoms with Gasteiger partial charge in [0, 0.05) is 41.6 Å². The maximum atomic E-state index is 14.5. The van der Waals surface area contributed by atoms with Crippen molar-refractivity contribution in [1.82, 2.24) is 10.2 Å². The summed E-state index contributed by atoms with van der Waals surface area (Å²) in [4.78, 5) is 43.1. The van der Waals surface area contributed by atoms with Crippen LogP contribution in [0.15, 0.2) is 48.5 Å². The molecule has 2 aromatic rings. The number of hydrogen-bond donors (Lipinski definition) is 2. The Balaban J connectivity index is 1.79. The average Bonchev–Trinajstić information content (AvgIpc) is 3.22. The molecule has 40 heavy (non-hydrogen) atoms. The topological polar surface area (TPSA) is 99.2 Å². The molecule has 1 aliphatic heterocycles. The van der Waals surface area contributed by atoms with E-state index in [4.69, 9.17) is 16.3 Å². The van der Waals surface area contributed by atoms with Crippen molar-refractivity contribution >= 4 is 35.2 Å². The van der Waals surface area contributed by atoms with Gasteiger partial charge in [-0.05, 0) is 45.0 Å². The lowest BCUT2D eigenvalue weighted by Crippen LogP contribution is -2.56. The summed E-state index contributed by atoms with van der Waals surface area (Å²) in [6.07, 6.45) is -3.22. The van der Waals surface area contributed by atoms with Crippen LogP contribution < -0.4 is 10.2 Å². The minimum Gasteiger partial charge on any atom is -0.444 e. The van der Waals surface area contributed by atoms with Crippen LogP contribution in [0.3, 0.4) is 0 Å². The summed E-state index contributed by atoms with van der Waals surface area (Å²) in [5.41, 5.74) is -0.770. The molecule has 12 heteroatoms. The predicted molar refractivity (Wildman–Crippen MR) is 142 cm³/mol. The number of carbonyl (C=O) groups excluding carboxylic acids is 3. The number of benzene rings is 2. The number of carbonyl (C=O) groups is 3. The first-order valence-corrected chi connectivity index (χ1v) is 13.2. The van der Waals surface area contributed by atoms with E-state index in [0.29, 0.717) is 0 Å². The summed E-state index contributed by atoms with van der Waals surface area (Å²) < 4.78 is 47.0. The second-order valence-corrected chi connectivity index (χ2v) is 11.5. The van der Waals surface area contributed by atoms with E-state index in [1.54, 1.807) is 32.9 Å². The number of amides is 3. The number of nitrogens with one attached hydrogen (secondary N) is 1. The largest absolute Gasteiger partial charge is 0.444 e. The van der Waals surface area contributed by atoms with E-state index < -0.39 is 72.3 Å². The number of ether oxygens (including phenoxy) is 1. The number of hydrogen-bond acceptors (Lipinski definition) is 5. The molecule has 8 nitrogen and oxygen atoms in total. The highest BCUT2D eigenvalue weighted by Crippen LogP contribution is 2.39. The van der Waals surface area contributed by atoms with Gasteiger partial charge in [0.15, 0.2) is 0 Å². The van der Waals surface area contributed by atoms with Gasteiger partial charge in [-0.2, -0.15) is 0 Å². The summed E-state index contributed by atoms with van der Waals surface area (Å²) in [5.74, 6) is -5.24. The van der Waals surface area contributed by atoms with Crippen LogP contribution in [0.2, 0.25) is 5.02 Å². The number of alkyl halides is 2. The van der Waals surface area contributed by atoms with Gasteiger partial charge < -0.3 is 15.2 Å². The van der Waals surface area contributed by atoms with Crippen molar-refractivity contribution in [2.45, 2.75) is 75.8 Å². The van der Waals surface area contributed by atoms with Crippen LogP contribution >= 0.6 is 11.6 Å². The molecule has 2 aliphatic rings. The quantitative estimate of drug-likeness (QED) is 0.509. The summed E-state index contributed by atoms with van der Waals surface area (Å²) in [7, 11) is 0. The molecular weight excluding hydrogens is 551 g/mol. The van der Waals surface area contributed by atoms with E-state index in [2.05, 4.69) is 5.32 Å². The van der Waals surface area contributed by atoms with E-state index in [1.807, 2.05) is 0 Å². The predicted octanol–water partition coefficient (Wildman–Crippen LogP) is 4.84. The van der Waals surface area contributed by atoms with Crippen LogP contribution in [0.5, 0.6) is 0 Å². The lowest BCUT2D eigenvalue weighted by molar-refractivity contribution is -0.133. The van der Waals surface area contributed by atoms with Gasteiger partial charge in [0.1, 0.15) is 23.5 Å². The highest BCUT2D eigenvalue weighted by atomic mass is 35.5. The molecule has 1 saturated carbocycles. The fraction of sp³-hybridized carbons (Fsp3) is 0.464. The van der Waals surface area contributed by atoms with Gasteiger partial charge >= 0.3 is 6.09 Å². The van der Waals surface area contributed by atoms with Crippen LogP contribution in [-0.2, 0) is 14.3 Å². The van der Waals surface area contributed by atoms with E-state index in [0.717, 1.165) is 21.9 Å². The molecule has 0 aromatic heterocycles. The Morgan fingerprint density at radius 3 is 2.42 bits per heavy atom. The maximum Gasteiger partial charge on any atom is 0.411 e. The minimum absolute atomic E-state index is 0.0328. The van der Waals surface area contributed by atoms with Crippen molar-refractivity contribution < 1.29 is 37.4 Å². The Bertz CT molecular complexity index is 1280. The molecule has 216 valence electrons. The van der Waals surface area contributed by atoms with Crippen molar-refractivity contribution in [1.29, 1.82) is 0 Å². The minimum atomic E-state index is -2.91. The fourth-order valence-electron chi connectivity index (χ4n) is 4.90. The first-order chi connectivity index (χ1) is 18.6. The van der Waals surface area contributed by atoms with Crippen LogP contribution in [0, 0.1) is 5.82 Å². The van der Waals surface area contributed by atoms with Gasteiger partial charge in [-0.1, -0.05) is 35.9 Å². The second kappa shape index (κ2) is 11.3. The first-order valence-electron chi connectivity index (χ1n) is 12.8. The van der Waals surface area contributed by atoms with Gasteiger partial charge in [-0.25, -0.2) is 18.0 Å². The van der Waals surface area contributed by atoms with Crippen LogP contribution in [0.4, 0.5) is 23.7 Å². The van der Waals surface area contributed by atoms with Gasteiger partial charge in [0.25, 0.3) is 11.8 Å². The van der Waals surface area contributed by atoms with Gasteiger partial charge in [0.2, 0.25) is 5.91 Å². The molecule has 0 radical (unpaired) electrons. The normalized spacial score (nSPS) is 21.4. The molecule has 3 amide bonds. The smallest absolute Gasteiger partial charge is 0.411 e. The molecule has 2 aromatic carbocycles. The summed E-state index contributed by atoms with van der Waals surface area (Å²) in [5, 5.41) is 13.1. The number of aliphatic hydroxyl groups excluding tert-OH is 1. The number of likely N-dealkylation sites (tertiary alicyclic amines) is 1. The monoisotopic (exact) mass is 581 g/mol. The number of halogens is 4. The third-order valence-corrected chi connectivity index (χ3v) is 7.00. The second-order valence-electron chi connectivity index (χ2n) is 11.1. The van der Waals surface area contributed by atoms with Crippen LogP contribution in [0.25, 0.3) is 0 Å². The van der Waals surface area contributed by atoms with Crippen molar-refractivity contribution in [3.63, 3.8) is 0 Å². The molecule has 2 fully saturated rings. The van der Waals surface area contributed by atoms with Crippen molar-refractivity contribution in [3.05, 3.63) is 64.9 Å². The Labute approximate surface area is 235 Å². The van der Waals surface area contributed by atoms with Crippen LogP contribution in [0.1, 0.15) is 51.6 Å². The summed E-state index contributed by atoms with van der Waals surface area (Å²) in [6, 6.07) is 7.48. The third kappa shape index (κ3) is 6.69. The highest BCUT2D eigenvalue weighted by molar-refractivity contribution is 6.31. The number of β-amino-alcohol motifs (C(OH)–C–C–N with tert-alkyl or cyclic N) is 1. The van der Waals surface area contributed by atoms with E-state index in [1.165, 1.54) is 24.3 Å². The Hall–Kier alpha value is -3.31. The van der Waals surface area contributed by atoms with Crippen molar-refractivity contribution in [2.75, 3.05) is 11.4 Å². The zero-order valence-corrected chi connectivity index (χ0v) is 23.0. The molecule has 1 aliphatic carbocycles. The molecule has 0 unspecified atom stereocenters. The highest BCUT2D eigenvalue weighted by Gasteiger charge is 2.49. The Morgan fingerprint density at radius 2 is 1.82 bits per heavy atom. The molecule has 1 heterocycles. The summed E-state index contributed by atoms with van der Waals surface area (Å²) in [6.45, 7) is 4.74. The molecule has 3 atom stereocenters. The number of nitrogens with zero attached hydrogens (tertiary/aromatic N) is 2. The number of aliphatic hydroxyl groups is 1. The number of anilines is 1. The molecule has 2 N–H and O–H groups in total. The molecule has 0 bridgehead atoms. The standard InChI is InChI=1S/C28H31ClF3N3O5/c1-27(2,3)40-26(39)34-15-19(36)12-22(34)25(38)35(18-8-6-7-16(30)11-18)23(20-9-4-5-10-21(20)29)24(37)33-17-13-28(31,32)14-17/h4-11,17,19,22-23,36H,12-15H2,1-3H3,(H,33,37)/t19-,22+,23+/m1/s1.